The molecule has 2 aliphatic rings. The molecule has 194 valence electrons. The molecule has 4 rings (SSSR count). The molecule has 1 fully saturated rings. The number of ketones is 1. The van der Waals surface area contributed by atoms with Gasteiger partial charge in [-0.15, -0.1) is 17.0 Å². The van der Waals surface area contributed by atoms with E-state index in [-0.39, 0.29) is 35.4 Å². The molecule has 0 radical (unpaired) electrons. The fraction of sp³-hybridized carbons (Fsp3) is 0.467. The van der Waals surface area contributed by atoms with E-state index in [0.717, 1.165) is 42.1 Å². The number of carbonyl (C=O) groups excluding carboxylic acids is 1. The Bertz CT molecular complexity index is 1070. The minimum atomic E-state index is -0.0462. The van der Waals surface area contributed by atoms with Crippen LogP contribution in [0.25, 0.3) is 11.1 Å². The van der Waals surface area contributed by atoms with Crippen molar-refractivity contribution in [1.82, 2.24) is 10.2 Å². The maximum Gasteiger partial charge on any atom is 0.182 e. The van der Waals surface area contributed by atoms with E-state index in [1.54, 1.807) is 6.34 Å². The molecular weight excluding hydrogens is 534 g/mol. The average Bonchev–Trinajstić information content (AvgIpc) is 2.86. The smallest absolute Gasteiger partial charge is 0.182 e. The molecule has 0 amide bonds. The van der Waals surface area contributed by atoms with Gasteiger partial charge >= 0.3 is 0 Å². The van der Waals surface area contributed by atoms with Gasteiger partial charge in [0.25, 0.3) is 0 Å². The number of Topliss-reactive ketones (excluding diaryl/α,β-unsaturated/α-hetero) is 1. The number of rotatable bonds is 7. The zero-order valence-electron chi connectivity index (χ0n) is 21.8. The predicted molar refractivity (Wildman–Crippen MR) is 157 cm³/mol. The van der Waals surface area contributed by atoms with Crippen molar-refractivity contribution in [2.24, 2.45) is 16.3 Å². The second-order valence-corrected chi connectivity index (χ2v) is 11.4. The maximum absolute atomic E-state index is 13.1. The Hall–Kier alpha value is -2.11. The highest BCUT2D eigenvalue weighted by molar-refractivity contribution is 8.93. The van der Waals surface area contributed by atoms with Crippen LogP contribution in [-0.4, -0.2) is 35.7 Å². The van der Waals surface area contributed by atoms with Crippen molar-refractivity contribution in [3.8, 4) is 11.1 Å². The Morgan fingerprint density at radius 1 is 1.00 bits per heavy atom. The van der Waals surface area contributed by atoms with Gasteiger partial charge in [-0.25, -0.2) is 4.99 Å². The third kappa shape index (κ3) is 6.80. The largest absolute Gasteiger partial charge is 0.366 e. The van der Waals surface area contributed by atoms with Crippen LogP contribution in [0.1, 0.15) is 70.2 Å². The average molecular weight is 573 g/mol. The lowest BCUT2D eigenvalue weighted by atomic mass is 9.71. The Morgan fingerprint density at radius 2 is 1.61 bits per heavy atom. The summed E-state index contributed by atoms with van der Waals surface area (Å²) in [6, 6.07) is 18.4. The lowest BCUT2D eigenvalue weighted by Gasteiger charge is -2.38. The fourth-order valence-electron chi connectivity index (χ4n) is 5.28. The van der Waals surface area contributed by atoms with Gasteiger partial charge in [0, 0.05) is 11.6 Å². The summed E-state index contributed by atoms with van der Waals surface area (Å²) < 4.78 is 0. The highest BCUT2D eigenvalue weighted by Gasteiger charge is 2.32. The summed E-state index contributed by atoms with van der Waals surface area (Å²) in [6.45, 7) is 9.39. The van der Waals surface area contributed by atoms with Crippen molar-refractivity contribution in [3.05, 3.63) is 71.0 Å². The number of benzene rings is 2. The number of hydrogen-bond acceptors (Lipinski definition) is 4. The monoisotopic (exact) mass is 571 g/mol. The highest BCUT2D eigenvalue weighted by Crippen LogP contribution is 2.38. The minimum Gasteiger partial charge on any atom is -0.366 e. The maximum atomic E-state index is 13.1. The molecule has 1 saturated carbocycles. The van der Waals surface area contributed by atoms with Crippen LogP contribution in [0.5, 0.6) is 0 Å². The van der Waals surface area contributed by atoms with Gasteiger partial charge in [-0.1, -0.05) is 93.9 Å². The Balaban J connectivity index is 0.00000361. The van der Waals surface area contributed by atoms with E-state index >= 15 is 0 Å². The van der Waals surface area contributed by atoms with E-state index in [1.165, 1.54) is 12.8 Å². The zero-order chi connectivity index (χ0) is 25.0. The lowest BCUT2D eigenvalue weighted by Crippen LogP contribution is -2.43. The van der Waals surface area contributed by atoms with Crippen molar-refractivity contribution < 1.29 is 4.79 Å². The van der Waals surface area contributed by atoms with E-state index in [9.17, 15) is 4.79 Å². The van der Waals surface area contributed by atoms with Gasteiger partial charge in [-0.3, -0.25) is 4.79 Å². The van der Waals surface area contributed by atoms with Crippen LogP contribution in [0, 0.1) is 11.3 Å². The first-order valence-electron chi connectivity index (χ1n) is 12.9. The van der Waals surface area contributed by atoms with Crippen molar-refractivity contribution in [2.75, 3.05) is 6.54 Å². The first-order chi connectivity index (χ1) is 16.8. The number of aliphatic imine (C=N–C) groups is 1. The number of halogens is 2. The molecule has 4 nitrogen and oxygen atoms in total. The van der Waals surface area contributed by atoms with E-state index in [1.807, 2.05) is 47.4 Å². The summed E-state index contributed by atoms with van der Waals surface area (Å²) >= 11 is 6.83. The first kappa shape index (κ1) is 28.5. The van der Waals surface area contributed by atoms with Crippen molar-refractivity contribution in [1.29, 1.82) is 0 Å². The van der Waals surface area contributed by atoms with Gasteiger partial charge in [0.2, 0.25) is 0 Å². The SMILES string of the molecule is Br.CCC1C(Cl)=C(NC2CCC(C(C)(C)C)CC2)N=CN1CC(=O)c1ccc(-c2ccccc2)cc1. The van der Waals surface area contributed by atoms with Gasteiger partial charge in [-0.2, -0.15) is 0 Å². The van der Waals surface area contributed by atoms with Gasteiger partial charge in [0.1, 0.15) is 5.82 Å². The molecule has 1 aliphatic carbocycles. The van der Waals surface area contributed by atoms with Gasteiger partial charge in [-0.05, 0) is 54.6 Å². The second-order valence-electron chi connectivity index (χ2n) is 11.0. The summed E-state index contributed by atoms with van der Waals surface area (Å²) in [6.07, 6.45) is 7.35. The number of carbonyl (C=O) groups is 1. The molecule has 0 saturated heterocycles. The van der Waals surface area contributed by atoms with E-state index in [2.05, 4.69) is 50.1 Å². The predicted octanol–water partition coefficient (Wildman–Crippen LogP) is 7.84. The molecule has 1 heterocycles. The summed E-state index contributed by atoms with van der Waals surface area (Å²) in [5.41, 5.74) is 3.32. The Morgan fingerprint density at radius 3 is 2.19 bits per heavy atom. The number of nitrogens with zero attached hydrogens (tertiary/aromatic N) is 2. The summed E-state index contributed by atoms with van der Waals surface area (Å²) in [4.78, 5) is 19.7. The first-order valence-corrected chi connectivity index (χ1v) is 13.3. The van der Waals surface area contributed by atoms with Crippen LogP contribution < -0.4 is 5.32 Å². The Kier molecular flexibility index (Phi) is 9.82. The molecule has 1 unspecified atom stereocenters. The molecule has 0 spiro atoms. The van der Waals surface area contributed by atoms with Crippen molar-refractivity contribution in [3.63, 3.8) is 0 Å². The third-order valence-electron chi connectivity index (χ3n) is 7.57. The van der Waals surface area contributed by atoms with Crippen molar-refractivity contribution >= 4 is 40.7 Å². The standard InChI is InChI=1S/C30H38ClN3O.BrH/c1-5-26-28(31)29(33-25-17-15-24(16-18-25)30(2,3)4)32-20-34(26)19-27(35)23-13-11-22(12-14-23)21-9-7-6-8-10-21;/h6-14,20,24-26,33H,5,15-19H2,1-4H3;1H. The van der Waals surface area contributed by atoms with E-state index in [0.29, 0.717) is 22.1 Å². The summed E-state index contributed by atoms with van der Waals surface area (Å²) in [7, 11) is 0. The number of nitrogens with one attached hydrogen (secondary N) is 1. The highest BCUT2D eigenvalue weighted by atomic mass is 79.9. The molecule has 0 aromatic heterocycles. The van der Waals surface area contributed by atoms with Crippen LogP contribution in [0.15, 0.2) is 70.4 Å². The molecule has 0 bridgehead atoms. The van der Waals surface area contributed by atoms with Gasteiger partial charge in [0.15, 0.2) is 5.78 Å². The van der Waals surface area contributed by atoms with Gasteiger partial charge in [0.05, 0.1) is 24.0 Å². The minimum absolute atomic E-state index is 0. The molecule has 2 aromatic carbocycles. The van der Waals surface area contributed by atoms with Crippen LogP contribution >= 0.6 is 28.6 Å². The third-order valence-corrected chi connectivity index (χ3v) is 8.00. The lowest BCUT2D eigenvalue weighted by molar-refractivity contribution is 0.0954. The number of hydrogen-bond donors (Lipinski definition) is 1. The Labute approximate surface area is 232 Å². The van der Waals surface area contributed by atoms with Crippen LogP contribution in [0.4, 0.5) is 0 Å². The van der Waals surface area contributed by atoms with Gasteiger partial charge < -0.3 is 10.2 Å². The second kappa shape index (κ2) is 12.4. The molecular formula is C30H39BrClN3O. The molecule has 36 heavy (non-hydrogen) atoms. The summed E-state index contributed by atoms with van der Waals surface area (Å²) in [5.74, 6) is 1.61. The van der Waals surface area contributed by atoms with Crippen LogP contribution in [0.3, 0.4) is 0 Å². The quantitative estimate of drug-likeness (QED) is 0.344. The van der Waals surface area contributed by atoms with Crippen LogP contribution in [-0.2, 0) is 0 Å². The van der Waals surface area contributed by atoms with E-state index in [4.69, 9.17) is 11.6 Å². The van der Waals surface area contributed by atoms with Crippen LogP contribution in [0.2, 0.25) is 0 Å². The van der Waals surface area contributed by atoms with E-state index < -0.39 is 0 Å². The zero-order valence-corrected chi connectivity index (χ0v) is 24.3. The normalized spacial score (nSPS) is 22.2. The summed E-state index contributed by atoms with van der Waals surface area (Å²) in [5, 5.41) is 4.32. The molecule has 6 heteroatoms. The molecule has 2 aromatic rings. The fourth-order valence-corrected chi connectivity index (χ4v) is 5.66. The topological polar surface area (TPSA) is 44.7 Å². The molecule has 1 atom stereocenters. The molecule has 1 N–H and O–H groups in total. The van der Waals surface area contributed by atoms with Crippen molar-refractivity contribution in [2.45, 2.75) is 71.9 Å². The molecule has 1 aliphatic heterocycles.